The molecule has 2 nitrogen and oxygen atoms in total. The quantitative estimate of drug-likeness (QED) is 0.283. The van der Waals surface area contributed by atoms with Crippen molar-refractivity contribution in [1.29, 1.82) is 5.41 Å². The number of benzene rings is 5. The molecule has 0 aliphatic carbocycles. The summed E-state index contributed by atoms with van der Waals surface area (Å²) in [6.45, 7) is 0. The fraction of sp³-hybridized carbons (Fsp3) is 0. The zero-order chi connectivity index (χ0) is 22.2. The fourth-order valence-electron chi connectivity index (χ4n) is 4.49. The monoisotopic (exact) mass is 423 g/mol. The molecule has 1 aromatic heterocycles. The predicted octanol–water partition coefficient (Wildman–Crippen LogP) is 8.58. The highest BCUT2D eigenvalue weighted by Gasteiger charge is 2.11. The van der Waals surface area contributed by atoms with Gasteiger partial charge in [0.15, 0.2) is 0 Å². The van der Waals surface area contributed by atoms with Crippen LogP contribution in [-0.4, -0.2) is 6.21 Å². The van der Waals surface area contributed by atoms with E-state index < -0.39 is 0 Å². The molecule has 0 spiro atoms. The highest BCUT2D eigenvalue weighted by molar-refractivity contribution is 6.13. The molecule has 6 rings (SSSR count). The topological polar surface area (TPSA) is 37.0 Å². The van der Waals surface area contributed by atoms with Crippen LogP contribution in [0.3, 0.4) is 0 Å². The smallest absolute Gasteiger partial charge is 0.136 e. The highest BCUT2D eigenvalue weighted by Crippen LogP contribution is 2.34. The third-order valence-corrected chi connectivity index (χ3v) is 6.23. The molecule has 0 aliphatic rings. The molecule has 0 radical (unpaired) electrons. The number of fused-ring (bicyclic) bond motifs is 3. The Kier molecular flexibility index (Phi) is 4.63. The van der Waals surface area contributed by atoms with Crippen LogP contribution in [0.4, 0.5) is 0 Å². The average molecular weight is 424 g/mol. The van der Waals surface area contributed by atoms with E-state index in [1.165, 1.54) is 28.5 Å². The van der Waals surface area contributed by atoms with E-state index in [1.54, 1.807) is 0 Å². The van der Waals surface area contributed by atoms with Crippen LogP contribution in [0, 0.1) is 5.41 Å². The Morgan fingerprint density at radius 3 is 1.64 bits per heavy atom. The summed E-state index contributed by atoms with van der Waals surface area (Å²) in [5, 5.41) is 9.80. The van der Waals surface area contributed by atoms with Gasteiger partial charge in [-0.15, -0.1) is 0 Å². The molecule has 0 bridgehead atoms. The van der Waals surface area contributed by atoms with Crippen LogP contribution >= 0.6 is 0 Å². The van der Waals surface area contributed by atoms with Crippen molar-refractivity contribution in [1.82, 2.24) is 0 Å². The summed E-state index contributed by atoms with van der Waals surface area (Å²) in [6, 6.07) is 40.0. The molecular formula is C31H21NO. The van der Waals surface area contributed by atoms with Crippen LogP contribution < -0.4 is 0 Å². The Hall–Kier alpha value is -4.43. The van der Waals surface area contributed by atoms with E-state index in [0.717, 1.165) is 38.6 Å². The molecule has 2 heteroatoms. The molecule has 0 atom stereocenters. The molecule has 0 saturated heterocycles. The Labute approximate surface area is 192 Å². The van der Waals surface area contributed by atoms with Crippen molar-refractivity contribution in [3.63, 3.8) is 0 Å². The van der Waals surface area contributed by atoms with Gasteiger partial charge in [0.05, 0.1) is 0 Å². The van der Waals surface area contributed by atoms with Gasteiger partial charge in [-0.3, -0.25) is 0 Å². The molecule has 0 aliphatic heterocycles. The van der Waals surface area contributed by atoms with Crippen molar-refractivity contribution in [3.05, 3.63) is 121 Å². The van der Waals surface area contributed by atoms with E-state index in [4.69, 9.17) is 9.83 Å². The van der Waals surface area contributed by atoms with Crippen molar-refractivity contribution >= 4 is 28.2 Å². The molecule has 1 heterocycles. The van der Waals surface area contributed by atoms with E-state index >= 15 is 0 Å². The molecule has 0 saturated carbocycles. The minimum atomic E-state index is 0.817. The average Bonchev–Trinajstić information content (AvgIpc) is 3.27. The summed E-state index contributed by atoms with van der Waals surface area (Å²) < 4.78 is 6.00. The van der Waals surface area contributed by atoms with E-state index in [9.17, 15) is 0 Å². The summed E-state index contributed by atoms with van der Waals surface area (Å²) in [6.07, 6.45) is 1.39. The molecule has 156 valence electrons. The minimum Gasteiger partial charge on any atom is -0.456 e. The Bertz CT molecular complexity index is 1590. The van der Waals surface area contributed by atoms with Gasteiger partial charge in [0.1, 0.15) is 11.2 Å². The van der Waals surface area contributed by atoms with Crippen LogP contribution in [-0.2, 0) is 0 Å². The van der Waals surface area contributed by atoms with Gasteiger partial charge in [-0.25, -0.2) is 0 Å². The van der Waals surface area contributed by atoms with Gasteiger partial charge in [0, 0.05) is 22.6 Å². The summed E-state index contributed by atoms with van der Waals surface area (Å²) >= 11 is 0. The number of nitrogens with one attached hydrogen (secondary N) is 1. The Morgan fingerprint density at radius 1 is 0.485 bits per heavy atom. The van der Waals surface area contributed by atoms with Crippen LogP contribution in [0.15, 0.2) is 120 Å². The van der Waals surface area contributed by atoms with Gasteiger partial charge < -0.3 is 9.83 Å². The van der Waals surface area contributed by atoms with Gasteiger partial charge >= 0.3 is 0 Å². The van der Waals surface area contributed by atoms with E-state index in [0.29, 0.717) is 0 Å². The van der Waals surface area contributed by atoms with Crippen molar-refractivity contribution in [3.8, 4) is 33.4 Å². The van der Waals surface area contributed by atoms with Gasteiger partial charge in [-0.2, -0.15) is 0 Å². The lowest BCUT2D eigenvalue weighted by Crippen LogP contribution is -1.83. The lowest BCUT2D eigenvalue weighted by Gasteiger charge is -2.07. The summed E-state index contributed by atoms with van der Waals surface area (Å²) in [4.78, 5) is 0. The standard InChI is InChI=1S/C31H21NO/c32-20-27-7-4-8-30-31(27)28-19-26(17-18-29(28)33-30)25-15-13-24(14-16-25)23-11-9-22(10-12-23)21-5-2-1-3-6-21/h1-20,32H. The van der Waals surface area contributed by atoms with Crippen LogP contribution in [0.1, 0.15) is 5.56 Å². The van der Waals surface area contributed by atoms with Crippen molar-refractivity contribution < 1.29 is 4.42 Å². The lowest BCUT2D eigenvalue weighted by molar-refractivity contribution is 0.669. The Balaban J connectivity index is 1.34. The van der Waals surface area contributed by atoms with Gasteiger partial charge in [0.2, 0.25) is 0 Å². The van der Waals surface area contributed by atoms with Crippen LogP contribution in [0.2, 0.25) is 0 Å². The molecule has 0 fully saturated rings. The molecule has 0 unspecified atom stereocenters. The van der Waals surface area contributed by atoms with E-state index in [1.807, 2.05) is 30.3 Å². The normalized spacial score (nSPS) is 11.2. The lowest BCUT2D eigenvalue weighted by atomic mass is 9.97. The molecule has 0 amide bonds. The van der Waals surface area contributed by atoms with E-state index in [-0.39, 0.29) is 0 Å². The predicted molar refractivity (Wildman–Crippen MR) is 138 cm³/mol. The third kappa shape index (κ3) is 3.42. The molecule has 6 aromatic rings. The maximum Gasteiger partial charge on any atom is 0.136 e. The second-order valence-electron chi connectivity index (χ2n) is 8.20. The van der Waals surface area contributed by atoms with E-state index in [2.05, 4.69) is 84.9 Å². The first-order valence-electron chi connectivity index (χ1n) is 11.0. The number of hydrogen-bond donors (Lipinski definition) is 1. The fourth-order valence-corrected chi connectivity index (χ4v) is 4.49. The summed E-state index contributed by atoms with van der Waals surface area (Å²) in [7, 11) is 0. The first-order valence-corrected chi connectivity index (χ1v) is 11.0. The number of furan rings is 1. The van der Waals surface area contributed by atoms with Crippen LogP contribution in [0.25, 0.3) is 55.3 Å². The first-order chi connectivity index (χ1) is 16.3. The zero-order valence-electron chi connectivity index (χ0n) is 18.0. The minimum absolute atomic E-state index is 0.817. The van der Waals surface area contributed by atoms with Crippen LogP contribution in [0.5, 0.6) is 0 Å². The van der Waals surface area contributed by atoms with Gasteiger partial charge in [0.25, 0.3) is 0 Å². The maximum absolute atomic E-state index is 7.76. The highest BCUT2D eigenvalue weighted by atomic mass is 16.3. The molecular weight excluding hydrogens is 402 g/mol. The number of rotatable bonds is 4. The zero-order valence-corrected chi connectivity index (χ0v) is 18.0. The van der Waals surface area contributed by atoms with Crippen molar-refractivity contribution in [2.24, 2.45) is 0 Å². The second-order valence-corrected chi connectivity index (χ2v) is 8.20. The molecule has 33 heavy (non-hydrogen) atoms. The van der Waals surface area contributed by atoms with Crippen molar-refractivity contribution in [2.75, 3.05) is 0 Å². The largest absolute Gasteiger partial charge is 0.456 e. The second kappa shape index (κ2) is 7.92. The number of hydrogen-bond acceptors (Lipinski definition) is 2. The molecule has 1 N–H and O–H groups in total. The summed E-state index contributed by atoms with van der Waals surface area (Å²) in [5.74, 6) is 0. The summed E-state index contributed by atoms with van der Waals surface area (Å²) in [5.41, 5.74) is 9.67. The van der Waals surface area contributed by atoms with Gasteiger partial charge in [-0.05, 0) is 51.6 Å². The van der Waals surface area contributed by atoms with Crippen molar-refractivity contribution in [2.45, 2.75) is 0 Å². The molecule has 5 aromatic carbocycles. The maximum atomic E-state index is 7.76. The van der Waals surface area contributed by atoms with Gasteiger partial charge in [-0.1, -0.05) is 97.1 Å². The third-order valence-electron chi connectivity index (χ3n) is 6.23. The Morgan fingerprint density at radius 2 is 1.03 bits per heavy atom. The first kappa shape index (κ1) is 19.3. The SMILES string of the molecule is N=Cc1cccc2oc3ccc(-c4ccc(-c5ccc(-c6ccccc6)cc5)cc4)cc3c12.